The summed E-state index contributed by atoms with van der Waals surface area (Å²) in [6.45, 7) is 0. The van der Waals surface area contributed by atoms with E-state index in [-0.39, 0.29) is 11.9 Å². The van der Waals surface area contributed by atoms with Gasteiger partial charge < -0.3 is 9.67 Å². The lowest BCUT2D eigenvalue weighted by atomic mass is 10.2. The van der Waals surface area contributed by atoms with Gasteiger partial charge in [0.2, 0.25) is 5.91 Å². The second-order valence-corrected chi connectivity index (χ2v) is 8.78. The van der Waals surface area contributed by atoms with Gasteiger partial charge in [-0.25, -0.2) is 5.43 Å². The van der Waals surface area contributed by atoms with Crippen molar-refractivity contribution in [1.29, 1.82) is 0 Å². The second kappa shape index (κ2) is 8.47. The van der Waals surface area contributed by atoms with Crippen LogP contribution in [-0.4, -0.2) is 23.4 Å². The Morgan fingerprint density at radius 2 is 1.41 bits per heavy atom. The summed E-state index contributed by atoms with van der Waals surface area (Å²) in [6, 6.07) is 24.5. The van der Waals surface area contributed by atoms with E-state index >= 15 is 0 Å². The van der Waals surface area contributed by atoms with Crippen LogP contribution in [0.4, 0.5) is 0 Å². The molecule has 0 bridgehead atoms. The number of phenols is 1. The van der Waals surface area contributed by atoms with Gasteiger partial charge in [0.05, 0.1) is 12.4 Å². The fourth-order valence-electron chi connectivity index (χ4n) is 2.65. The highest BCUT2D eigenvalue weighted by atomic mass is 31.2. The van der Waals surface area contributed by atoms with E-state index in [1.807, 2.05) is 36.4 Å². The fourth-order valence-corrected chi connectivity index (χ4v) is 5.09. The van der Waals surface area contributed by atoms with Crippen LogP contribution in [0.2, 0.25) is 0 Å². The van der Waals surface area contributed by atoms with Crippen LogP contribution >= 0.6 is 7.14 Å². The number of nitrogens with one attached hydrogen (secondary N) is 1. The Labute approximate surface area is 157 Å². The third kappa shape index (κ3) is 4.72. The van der Waals surface area contributed by atoms with Crippen LogP contribution in [0.15, 0.2) is 90.0 Å². The highest BCUT2D eigenvalue weighted by molar-refractivity contribution is 7.79. The molecule has 0 heterocycles. The second-order valence-electron chi connectivity index (χ2n) is 5.95. The Morgan fingerprint density at radius 3 is 1.93 bits per heavy atom. The molecular weight excluding hydrogens is 359 g/mol. The zero-order valence-corrected chi connectivity index (χ0v) is 15.4. The number of hydrazone groups is 1. The molecule has 0 aliphatic heterocycles. The van der Waals surface area contributed by atoms with Gasteiger partial charge in [0, 0.05) is 10.6 Å². The molecule has 0 aliphatic rings. The van der Waals surface area contributed by atoms with Gasteiger partial charge in [-0.3, -0.25) is 4.79 Å². The molecule has 3 aromatic rings. The number of amides is 1. The van der Waals surface area contributed by atoms with Gasteiger partial charge >= 0.3 is 0 Å². The summed E-state index contributed by atoms with van der Waals surface area (Å²) in [4.78, 5) is 12.4. The molecule has 0 atom stereocenters. The van der Waals surface area contributed by atoms with Crippen molar-refractivity contribution in [2.45, 2.75) is 0 Å². The van der Waals surface area contributed by atoms with E-state index in [0.29, 0.717) is 10.6 Å². The quantitative estimate of drug-likeness (QED) is 0.393. The molecule has 1 amide bonds. The molecule has 0 fully saturated rings. The van der Waals surface area contributed by atoms with Gasteiger partial charge in [-0.15, -0.1) is 0 Å². The number of hydrogen-bond acceptors (Lipinski definition) is 4. The van der Waals surface area contributed by atoms with Crippen molar-refractivity contribution in [3.05, 3.63) is 90.5 Å². The van der Waals surface area contributed by atoms with Gasteiger partial charge in [-0.05, 0) is 29.8 Å². The van der Waals surface area contributed by atoms with Crippen LogP contribution in [-0.2, 0) is 9.36 Å². The smallest absolute Gasteiger partial charge is 0.248 e. The Hall–Kier alpha value is -3.17. The van der Waals surface area contributed by atoms with Crippen molar-refractivity contribution in [2.24, 2.45) is 5.10 Å². The topological polar surface area (TPSA) is 78.8 Å². The third-order valence-corrected chi connectivity index (χ3v) is 7.01. The molecule has 0 aromatic heterocycles. The SMILES string of the molecule is O=C(CP(=O)(c1ccccc1)c1ccccc1)N/N=C/c1ccc(O)cc1. The van der Waals surface area contributed by atoms with Gasteiger partial charge in [-0.1, -0.05) is 60.7 Å². The Balaban J connectivity index is 1.77. The van der Waals surface area contributed by atoms with E-state index in [2.05, 4.69) is 10.5 Å². The molecular formula is C21H19N2O3P. The standard InChI is InChI=1S/C21H19N2O3P/c24-18-13-11-17(12-14-18)15-22-23-21(25)16-27(26,19-7-3-1-4-8-19)20-9-5-2-6-10-20/h1-15,24H,16H2,(H,23,25)/b22-15+. The molecule has 0 radical (unpaired) electrons. The van der Waals surface area contributed by atoms with E-state index in [1.54, 1.807) is 36.4 Å². The number of phenolic OH excluding ortho intramolecular Hbond substituents is 1. The van der Waals surface area contributed by atoms with Crippen molar-refractivity contribution in [2.75, 3.05) is 6.16 Å². The van der Waals surface area contributed by atoms with Gasteiger partial charge in [-0.2, -0.15) is 5.10 Å². The lowest BCUT2D eigenvalue weighted by molar-refractivity contribution is -0.118. The molecule has 6 heteroatoms. The van der Waals surface area contributed by atoms with Gasteiger partial charge in [0.1, 0.15) is 5.75 Å². The largest absolute Gasteiger partial charge is 0.508 e. The summed E-state index contributed by atoms with van der Waals surface area (Å²) >= 11 is 0. The molecule has 0 unspecified atom stereocenters. The van der Waals surface area contributed by atoms with Gasteiger partial charge in [0.25, 0.3) is 0 Å². The van der Waals surface area contributed by atoms with Crippen molar-refractivity contribution in [3.63, 3.8) is 0 Å². The summed E-state index contributed by atoms with van der Waals surface area (Å²) in [7, 11) is -3.12. The number of hydrogen-bond donors (Lipinski definition) is 2. The highest BCUT2D eigenvalue weighted by Crippen LogP contribution is 2.42. The monoisotopic (exact) mass is 378 g/mol. The van der Waals surface area contributed by atoms with E-state index in [4.69, 9.17) is 0 Å². The lowest BCUT2D eigenvalue weighted by Crippen LogP contribution is -2.28. The first kappa shape index (κ1) is 18.6. The number of aromatic hydroxyl groups is 1. The summed E-state index contributed by atoms with van der Waals surface area (Å²) in [5.41, 5.74) is 3.16. The first-order valence-electron chi connectivity index (χ1n) is 8.39. The lowest BCUT2D eigenvalue weighted by Gasteiger charge is -2.18. The number of benzene rings is 3. The molecule has 27 heavy (non-hydrogen) atoms. The fraction of sp³-hybridized carbons (Fsp3) is 0.0476. The molecule has 0 spiro atoms. The first-order chi connectivity index (χ1) is 13.1. The predicted molar refractivity (Wildman–Crippen MR) is 108 cm³/mol. The number of rotatable bonds is 6. The normalized spacial score (nSPS) is 11.4. The maximum Gasteiger partial charge on any atom is 0.248 e. The predicted octanol–water partition coefficient (Wildman–Crippen LogP) is 2.86. The zero-order valence-electron chi connectivity index (χ0n) is 14.5. The van der Waals surface area contributed by atoms with Crippen molar-refractivity contribution < 1.29 is 14.5 Å². The molecule has 0 saturated carbocycles. The average molecular weight is 378 g/mol. The molecule has 136 valence electrons. The maximum atomic E-state index is 13.8. The van der Waals surface area contributed by atoms with E-state index in [0.717, 1.165) is 5.56 Å². The molecule has 3 rings (SSSR count). The van der Waals surface area contributed by atoms with Crippen LogP contribution in [0.25, 0.3) is 0 Å². The minimum Gasteiger partial charge on any atom is -0.508 e. The van der Waals surface area contributed by atoms with Crippen LogP contribution in [0.1, 0.15) is 5.56 Å². The summed E-state index contributed by atoms with van der Waals surface area (Å²) in [6.07, 6.45) is 1.29. The van der Waals surface area contributed by atoms with E-state index in [9.17, 15) is 14.5 Å². The van der Waals surface area contributed by atoms with Crippen LogP contribution in [0.3, 0.4) is 0 Å². The van der Waals surface area contributed by atoms with E-state index in [1.165, 1.54) is 18.3 Å². The molecule has 5 nitrogen and oxygen atoms in total. The summed E-state index contributed by atoms with van der Waals surface area (Å²) in [5, 5.41) is 14.5. The third-order valence-electron chi connectivity index (χ3n) is 4.01. The summed E-state index contributed by atoms with van der Waals surface area (Å²) < 4.78 is 13.8. The average Bonchev–Trinajstić information content (AvgIpc) is 2.71. The molecule has 3 aromatic carbocycles. The molecule has 2 N–H and O–H groups in total. The van der Waals surface area contributed by atoms with Crippen LogP contribution in [0.5, 0.6) is 5.75 Å². The highest BCUT2D eigenvalue weighted by Gasteiger charge is 2.30. The number of nitrogens with zero attached hydrogens (tertiary/aromatic N) is 1. The van der Waals surface area contributed by atoms with Gasteiger partial charge in [0.15, 0.2) is 7.14 Å². The minimum absolute atomic E-state index is 0.155. The Morgan fingerprint density at radius 1 is 0.889 bits per heavy atom. The van der Waals surface area contributed by atoms with Crippen LogP contribution in [0, 0.1) is 0 Å². The summed E-state index contributed by atoms with van der Waals surface area (Å²) in [5.74, 6) is -0.274. The van der Waals surface area contributed by atoms with Crippen molar-refractivity contribution >= 4 is 29.9 Å². The molecule has 0 saturated heterocycles. The Kier molecular flexibility index (Phi) is 5.84. The van der Waals surface area contributed by atoms with Crippen molar-refractivity contribution in [1.82, 2.24) is 5.43 Å². The number of carbonyl (C=O) groups excluding carboxylic acids is 1. The Bertz CT molecular complexity index is 928. The molecule has 0 aliphatic carbocycles. The maximum absolute atomic E-state index is 13.8. The number of carbonyl (C=O) groups is 1. The minimum atomic E-state index is -3.12. The van der Waals surface area contributed by atoms with Crippen LogP contribution < -0.4 is 16.0 Å². The van der Waals surface area contributed by atoms with E-state index < -0.39 is 13.0 Å². The first-order valence-corrected chi connectivity index (χ1v) is 10.3. The zero-order chi connectivity index (χ0) is 19.1. The van der Waals surface area contributed by atoms with Crippen molar-refractivity contribution in [3.8, 4) is 5.75 Å².